The van der Waals surface area contributed by atoms with Crippen molar-refractivity contribution in [3.8, 4) is 0 Å². The van der Waals surface area contributed by atoms with Crippen LogP contribution in [0.3, 0.4) is 0 Å². The van der Waals surface area contributed by atoms with Gasteiger partial charge in [0.25, 0.3) is 0 Å². The minimum atomic E-state index is -0.102. The van der Waals surface area contributed by atoms with Gasteiger partial charge in [0.15, 0.2) is 0 Å². The van der Waals surface area contributed by atoms with E-state index < -0.39 is 0 Å². The third-order valence-electron chi connectivity index (χ3n) is 3.92. The van der Waals surface area contributed by atoms with Crippen LogP contribution in [0.15, 0.2) is 0 Å². The zero-order chi connectivity index (χ0) is 11.4. The maximum Gasteiger partial charge on any atom is 0.0695 e. The Morgan fingerprint density at radius 1 is 1.27 bits per heavy atom. The predicted molar refractivity (Wildman–Crippen MR) is 64.9 cm³/mol. The highest BCUT2D eigenvalue weighted by Gasteiger charge is 2.32. The molecule has 90 valence electrons. The van der Waals surface area contributed by atoms with Crippen molar-refractivity contribution in [3.05, 3.63) is 0 Å². The molecule has 1 N–H and O–H groups in total. The van der Waals surface area contributed by atoms with Gasteiger partial charge in [0, 0.05) is 12.1 Å². The summed E-state index contributed by atoms with van der Waals surface area (Å²) in [4.78, 5) is 2.45. The molecule has 1 rings (SSSR count). The molecule has 0 bridgehead atoms. The number of rotatable bonds is 4. The third-order valence-corrected chi connectivity index (χ3v) is 3.92. The van der Waals surface area contributed by atoms with Crippen molar-refractivity contribution < 1.29 is 5.11 Å². The van der Waals surface area contributed by atoms with Crippen LogP contribution < -0.4 is 0 Å². The van der Waals surface area contributed by atoms with Crippen LogP contribution in [-0.4, -0.2) is 34.7 Å². The molecular weight excluding hydrogens is 186 g/mol. The van der Waals surface area contributed by atoms with Gasteiger partial charge in [0.05, 0.1) is 6.10 Å². The highest BCUT2D eigenvalue weighted by atomic mass is 16.3. The normalized spacial score (nSPS) is 32.6. The fraction of sp³-hybridized carbons (Fsp3) is 1.00. The molecule has 0 radical (unpaired) electrons. The van der Waals surface area contributed by atoms with Crippen LogP contribution in [0, 0.1) is 5.92 Å². The molecule has 0 spiro atoms. The maximum atomic E-state index is 10.1. The van der Waals surface area contributed by atoms with Gasteiger partial charge in [-0.15, -0.1) is 0 Å². The molecule has 0 aliphatic heterocycles. The van der Waals surface area contributed by atoms with Crippen molar-refractivity contribution in [1.82, 2.24) is 4.90 Å². The van der Waals surface area contributed by atoms with Crippen LogP contribution in [0.1, 0.15) is 53.4 Å². The number of aliphatic hydroxyl groups is 1. The Bertz CT molecular complexity index is 181. The Morgan fingerprint density at radius 2 is 1.93 bits per heavy atom. The van der Waals surface area contributed by atoms with Crippen LogP contribution >= 0.6 is 0 Å². The summed E-state index contributed by atoms with van der Waals surface area (Å²) in [6.07, 6.45) is 4.55. The summed E-state index contributed by atoms with van der Waals surface area (Å²) in [6, 6.07) is 0.943. The molecule has 2 heteroatoms. The Kier molecular flexibility index (Phi) is 5.07. The molecule has 3 unspecified atom stereocenters. The average Bonchev–Trinajstić information content (AvgIpc) is 2.21. The standard InChI is InChI=1S/C13H27NO/c1-5-11-7-8-13(15)12(9-11)14(6-2)10(3)4/h10-13,15H,5-9H2,1-4H3. The monoisotopic (exact) mass is 213 g/mol. The quantitative estimate of drug-likeness (QED) is 0.776. The summed E-state index contributed by atoms with van der Waals surface area (Å²) >= 11 is 0. The van der Waals surface area contributed by atoms with Gasteiger partial charge in [0.2, 0.25) is 0 Å². The number of hydrogen-bond donors (Lipinski definition) is 1. The molecule has 1 aliphatic rings. The van der Waals surface area contributed by atoms with E-state index in [1.807, 2.05) is 0 Å². The number of likely N-dealkylation sites (N-methyl/N-ethyl adjacent to an activating group) is 1. The average molecular weight is 213 g/mol. The van der Waals surface area contributed by atoms with Gasteiger partial charge >= 0.3 is 0 Å². The molecule has 1 aliphatic carbocycles. The second-order valence-electron chi connectivity index (χ2n) is 5.15. The minimum absolute atomic E-state index is 0.102. The third kappa shape index (κ3) is 3.18. The molecule has 0 saturated heterocycles. The van der Waals surface area contributed by atoms with Crippen molar-refractivity contribution in [2.45, 2.75) is 71.6 Å². The molecule has 2 nitrogen and oxygen atoms in total. The summed E-state index contributed by atoms with van der Waals surface area (Å²) < 4.78 is 0. The lowest BCUT2D eigenvalue weighted by Gasteiger charge is -2.42. The van der Waals surface area contributed by atoms with E-state index in [0.717, 1.165) is 18.9 Å². The molecule has 3 atom stereocenters. The topological polar surface area (TPSA) is 23.5 Å². The molecule has 0 aromatic heterocycles. The molecule has 0 amide bonds. The first-order valence-electron chi connectivity index (χ1n) is 6.53. The van der Waals surface area contributed by atoms with E-state index in [9.17, 15) is 5.11 Å². The van der Waals surface area contributed by atoms with Crippen molar-refractivity contribution in [2.24, 2.45) is 5.92 Å². The number of nitrogens with zero attached hydrogens (tertiary/aromatic N) is 1. The zero-order valence-electron chi connectivity index (χ0n) is 10.7. The Hall–Kier alpha value is -0.0800. The first-order chi connectivity index (χ1) is 7.10. The lowest BCUT2D eigenvalue weighted by Crippen LogP contribution is -2.50. The molecule has 0 aromatic rings. The van der Waals surface area contributed by atoms with E-state index in [-0.39, 0.29) is 6.10 Å². The summed E-state index contributed by atoms with van der Waals surface area (Å²) in [5.41, 5.74) is 0. The van der Waals surface area contributed by atoms with Crippen LogP contribution in [-0.2, 0) is 0 Å². The first kappa shape index (κ1) is 13.0. The van der Waals surface area contributed by atoms with Gasteiger partial charge in [0.1, 0.15) is 0 Å². The minimum Gasteiger partial charge on any atom is -0.391 e. The highest BCUT2D eigenvalue weighted by molar-refractivity contribution is 4.87. The maximum absolute atomic E-state index is 10.1. The molecular formula is C13H27NO. The fourth-order valence-electron chi connectivity index (χ4n) is 2.93. The molecule has 0 aromatic carbocycles. The summed E-state index contributed by atoms with van der Waals surface area (Å²) in [5, 5.41) is 10.1. The van der Waals surface area contributed by atoms with Gasteiger partial charge in [-0.05, 0) is 45.6 Å². The number of aliphatic hydroxyl groups excluding tert-OH is 1. The van der Waals surface area contributed by atoms with Crippen LogP contribution in [0.4, 0.5) is 0 Å². The van der Waals surface area contributed by atoms with E-state index in [4.69, 9.17) is 0 Å². The van der Waals surface area contributed by atoms with Crippen LogP contribution in [0.25, 0.3) is 0 Å². The largest absolute Gasteiger partial charge is 0.391 e. The summed E-state index contributed by atoms with van der Waals surface area (Å²) in [5.74, 6) is 0.825. The SMILES string of the molecule is CCC1CCC(O)C(N(CC)C(C)C)C1. The van der Waals surface area contributed by atoms with Crippen molar-refractivity contribution in [3.63, 3.8) is 0 Å². The van der Waals surface area contributed by atoms with Gasteiger partial charge in [-0.1, -0.05) is 20.3 Å². The molecule has 15 heavy (non-hydrogen) atoms. The molecule has 0 heterocycles. The van der Waals surface area contributed by atoms with Crippen molar-refractivity contribution in [2.75, 3.05) is 6.54 Å². The van der Waals surface area contributed by atoms with E-state index >= 15 is 0 Å². The molecule has 1 saturated carbocycles. The van der Waals surface area contributed by atoms with Gasteiger partial charge in [-0.2, -0.15) is 0 Å². The summed E-state index contributed by atoms with van der Waals surface area (Å²) in [6.45, 7) is 9.97. The molecule has 1 fully saturated rings. The van der Waals surface area contributed by atoms with E-state index in [1.54, 1.807) is 0 Å². The van der Waals surface area contributed by atoms with Crippen LogP contribution in [0.5, 0.6) is 0 Å². The van der Waals surface area contributed by atoms with Gasteiger partial charge in [-0.3, -0.25) is 4.90 Å². The lowest BCUT2D eigenvalue weighted by atomic mass is 9.81. The van der Waals surface area contributed by atoms with Crippen LogP contribution in [0.2, 0.25) is 0 Å². The van der Waals surface area contributed by atoms with Crippen molar-refractivity contribution in [1.29, 1.82) is 0 Å². The second kappa shape index (κ2) is 5.86. The lowest BCUT2D eigenvalue weighted by molar-refractivity contribution is -0.00855. The first-order valence-corrected chi connectivity index (χ1v) is 6.53. The Balaban J connectivity index is 2.63. The number of hydrogen-bond acceptors (Lipinski definition) is 2. The second-order valence-corrected chi connectivity index (χ2v) is 5.15. The Morgan fingerprint density at radius 3 is 2.40 bits per heavy atom. The smallest absolute Gasteiger partial charge is 0.0695 e. The predicted octanol–water partition coefficient (Wildman–Crippen LogP) is 2.66. The van der Waals surface area contributed by atoms with E-state index in [0.29, 0.717) is 12.1 Å². The highest BCUT2D eigenvalue weighted by Crippen LogP contribution is 2.30. The van der Waals surface area contributed by atoms with Gasteiger partial charge < -0.3 is 5.11 Å². The zero-order valence-corrected chi connectivity index (χ0v) is 10.7. The van der Waals surface area contributed by atoms with Crippen molar-refractivity contribution >= 4 is 0 Å². The summed E-state index contributed by atoms with van der Waals surface area (Å²) in [7, 11) is 0. The van der Waals surface area contributed by atoms with E-state index in [1.165, 1.54) is 19.3 Å². The fourth-order valence-corrected chi connectivity index (χ4v) is 2.93. The Labute approximate surface area is 94.7 Å². The van der Waals surface area contributed by atoms with Gasteiger partial charge in [-0.25, -0.2) is 0 Å². The van der Waals surface area contributed by atoms with E-state index in [2.05, 4.69) is 32.6 Å².